The van der Waals surface area contributed by atoms with Crippen LogP contribution in [0.5, 0.6) is 0 Å². The maximum absolute atomic E-state index is 5.23. The Hall–Kier alpha value is -0.110. The SMILES string of the molecule is CC(C)(C)CN1CCCC1=S. The summed E-state index contributed by atoms with van der Waals surface area (Å²) in [5.41, 5.74) is 0.383. The Labute approximate surface area is 74.8 Å². The zero-order valence-electron chi connectivity index (χ0n) is 7.68. The molecule has 0 radical (unpaired) electrons. The summed E-state index contributed by atoms with van der Waals surface area (Å²) in [6.45, 7) is 9.07. The highest BCUT2D eigenvalue weighted by atomic mass is 32.1. The Kier molecular flexibility index (Phi) is 2.53. The van der Waals surface area contributed by atoms with E-state index < -0.39 is 0 Å². The van der Waals surface area contributed by atoms with Gasteiger partial charge in [-0.1, -0.05) is 33.0 Å². The topological polar surface area (TPSA) is 3.24 Å². The second kappa shape index (κ2) is 3.10. The zero-order chi connectivity index (χ0) is 8.48. The average molecular weight is 171 g/mol. The van der Waals surface area contributed by atoms with Crippen LogP contribution in [0.4, 0.5) is 0 Å². The lowest BCUT2D eigenvalue weighted by Crippen LogP contribution is -2.32. The van der Waals surface area contributed by atoms with Gasteiger partial charge in [-0.3, -0.25) is 0 Å². The van der Waals surface area contributed by atoms with Gasteiger partial charge in [0.15, 0.2) is 0 Å². The number of thiocarbonyl (C=S) groups is 1. The lowest BCUT2D eigenvalue weighted by molar-refractivity contribution is 0.291. The third-order valence-electron chi connectivity index (χ3n) is 1.84. The van der Waals surface area contributed by atoms with Crippen molar-refractivity contribution in [1.82, 2.24) is 4.90 Å². The fourth-order valence-electron chi connectivity index (χ4n) is 1.44. The van der Waals surface area contributed by atoms with Crippen LogP contribution < -0.4 is 0 Å². The first-order valence-corrected chi connectivity index (χ1v) is 4.68. The smallest absolute Gasteiger partial charge is 0.0780 e. The van der Waals surface area contributed by atoms with Gasteiger partial charge in [0.25, 0.3) is 0 Å². The fourth-order valence-corrected chi connectivity index (χ4v) is 1.74. The molecular weight excluding hydrogens is 154 g/mol. The van der Waals surface area contributed by atoms with E-state index in [-0.39, 0.29) is 0 Å². The minimum Gasteiger partial charge on any atom is -0.366 e. The molecule has 0 saturated carbocycles. The number of rotatable bonds is 1. The van der Waals surface area contributed by atoms with Crippen molar-refractivity contribution >= 4 is 17.2 Å². The van der Waals surface area contributed by atoms with Gasteiger partial charge in [-0.05, 0) is 18.3 Å². The Morgan fingerprint density at radius 3 is 2.45 bits per heavy atom. The van der Waals surface area contributed by atoms with Gasteiger partial charge in [-0.2, -0.15) is 0 Å². The first-order valence-electron chi connectivity index (χ1n) is 4.27. The van der Waals surface area contributed by atoms with E-state index in [0.29, 0.717) is 5.41 Å². The van der Waals surface area contributed by atoms with Gasteiger partial charge in [0.1, 0.15) is 0 Å². The van der Waals surface area contributed by atoms with E-state index in [1.165, 1.54) is 18.0 Å². The van der Waals surface area contributed by atoms with E-state index in [0.717, 1.165) is 13.0 Å². The summed E-state index contributed by atoms with van der Waals surface area (Å²) in [5.74, 6) is 0. The van der Waals surface area contributed by atoms with E-state index in [4.69, 9.17) is 12.2 Å². The standard InChI is InChI=1S/C9H17NS/c1-9(2,3)7-10-6-4-5-8(10)11/h4-7H2,1-3H3. The van der Waals surface area contributed by atoms with Crippen LogP contribution in [0.1, 0.15) is 33.6 Å². The lowest BCUT2D eigenvalue weighted by Gasteiger charge is -2.27. The highest BCUT2D eigenvalue weighted by Crippen LogP contribution is 2.20. The molecule has 1 nitrogen and oxygen atoms in total. The van der Waals surface area contributed by atoms with Crippen LogP contribution in [0, 0.1) is 5.41 Å². The van der Waals surface area contributed by atoms with Crippen LogP contribution in [0.3, 0.4) is 0 Å². The molecule has 1 aliphatic heterocycles. The van der Waals surface area contributed by atoms with Crippen LogP contribution >= 0.6 is 12.2 Å². The van der Waals surface area contributed by atoms with Gasteiger partial charge in [0.2, 0.25) is 0 Å². The first-order chi connectivity index (χ1) is 4.99. The van der Waals surface area contributed by atoms with Crippen LogP contribution in [0.15, 0.2) is 0 Å². The molecule has 0 N–H and O–H groups in total. The second-order valence-corrected chi connectivity index (χ2v) is 4.95. The molecule has 0 aromatic heterocycles. The number of likely N-dealkylation sites (tertiary alicyclic amines) is 1. The summed E-state index contributed by atoms with van der Waals surface area (Å²) in [6.07, 6.45) is 2.39. The molecule has 1 aliphatic rings. The van der Waals surface area contributed by atoms with Crippen molar-refractivity contribution in [2.75, 3.05) is 13.1 Å². The summed E-state index contributed by atoms with van der Waals surface area (Å²) in [4.78, 5) is 3.51. The molecule has 0 aromatic rings. The minimum absolute atomic E-state index is 0.383. The quantitative estimate of drug-likeness (QED) is 0.558. The second-order valence-electron chi connectivity index (χ2n) is 4.48. The van der Waals surface area contributed by atoms with Crippen LogP contribution in [0.2, 0.25) is 0 Å². The van der Waals surface area contributed by atoms with Gasteiger partial charge in [0, 0.05) is 13.1 Å². The van der Waals surface area contributed by atoms with Crippen LogP contribution in [-0.4, -0.2) is 23.0 Å². The Bertz CT molecular complexity index is 157. The van der Waals surface area contributed by atoms with Gasteiger partial charge in [0.05, 0.1) is 4.99 Å². The molecule has 64 valence electrons. The van der Waals surface area contributed by atoms with Gasteiger partial charge >= 0.3 is 0 Å². The third kappa shape index (κ3) is 2.78. The Morgan fingerprint density at radius 2 is 2.09 bits per heavy atom. The molecule has 0 amide bonds. The summed E-state index contributed by atoms with van der Waals surface area (Å²) in [6, 6.07) is 0. The molecule has 1 rings (SSSR count). The third-order valence-corrected chi connectivity index (χ3v) is 2.30. The van der Waals surface area contributed by atoms with E-state index >= 15 is 0 Å². The van der Waals surface area contributed by atoms with Crippen molar-refractivity contribution in [3.63, 3.8) is 0 Å². The van der Waals surface area contributed by atoms with Gasteiger partial charge < -0.3 is 4.90 Å². The normalized spacial score (nSPS) is 19.5. The molecule has 0 atom stereocenters. The molecule has 0 spiro atoms. The van der Waals surface area contributed by atoms with Crippen LogP contribution in [0.25, 0.3) is 0 Å². The molecule has 0 aromatic carbocycles. The summed E-state index contributed by atoms with van der Waals surface area (Å²) >= 11 is 5.23. The van der Waals surface area contributed by atoms with Crippen molar-refractivity contribution in [2.24, 2.45) is 5.41 Å². The van der Waals surface area contributed by atoms with E-state index in [1.54, 1.807) is 0 Å². The zero-order valence-corrected chi connectivity index (χ0v) is 8.50. The molecule has 2 heteroatoms. The van der Waals surface area contributed by atoms with Crippen molar-refractivity contribution in [1.29, 1.82) is 0 Å². The van der Waals surface area contributed by atoms with E-state index in [2.05, 4.69) is 25.7 Å². The van der Waals surface area contributed by atoms with Gasteiger partial charge in [-0.25, -0.2) is 0 Å². The maximum atomic E-state index is 5.23. The summed E-state index contributed by atoms with van der Waals surface area (Å²) in [5, 5.41) is 0. The molecule has 1 heterocycles. The monoisotopic (exact) mass is 171 g/mol. The van der Waals surface area contributed by atoms with Crippen LogP contribution in [-0.2, 0) is 0 Å². The summed E-state index contributed by atoms with van der Waals surface area (Å²) < 4.78 is 0. The van der Waals surface area contributed by atoms with Crippen molar-refractivity contribution < 1.29 is 0 Å². The maximum Gasteiger partial charge on any atom is 0.0780 e. The highest BCUT2D eigenvalue weighted by Gasteiger charge is 2.21. The summed E-state index contributed by atoms with van der Waals surface area (Å²) in [7, 11) is 0. The molecule has 1 fully saturated rings. The predicted octanol–water partition coefficient (Wildman–Crippen LogP) is 2.46. The van der Waals surface area contributed by atoms with E-state index in [9.17, 15) is 0 Å². The van der Waals surface area contributed by atoms with E-state index in [1.807, 2.05) is 0 Å². The number of hydrogen-bond acceptors (Lipinski definition) is 1. The Balaban J connectivity index is 2.43. The molecule has 0 unspecified atom stereocenters. The largest absolute Gasteiger partial charge is 0.366 e. The molecule has 0 bridgehead atoms. The van der Waals surface area contributed by atoms with Gasteiger partial charge in [-0.15, -0.1) is 0 Å². The minimum atomic E-state index is 0.383. The number of nitrogens with zero attached hydrogens (tertiary/aromatic N) is 1. The lowest BCUT2D eigenvalue weighted by atomic mass is 9.96. The molecule has 1 saturated heterocycles. The molecular formula is C9H17NS. The van der Waals surface area contributed by atoms with Crippen molar-refractivity contribution in [2.45, 2.75) is 33.6 Å². The molecule has 11 heavy (non-hydrogen) atoms. The fraction of sp³-hybridized carbons (Fsp3) is 0.889. The predicted molar refractivity (Wildman–Crippen MR) is 52.9 cm³/mol. The first kappa shape index (κ1) is 8.98. The van der Waals surface area contributed by atoms with Crippen molar-refractivity contribution in [3.05, 3.63) is 0 Å². The highest BCUT2D eigenvalue weighted by molar-refractivity contribution is 7.80. The average Bonchev–Trinajstić information content (AvgIpc) is 2.12. The Morgan fingerprint density at radius 1 is 1.45 bits per heavy atom. The number of hydrogen-bond donors (Lipinski definition) is 0. The van der Waals surface area contributed by atoms with Crippen molar-refractivity contribution in [3.8, 4) is 0 Å². The molecule has 0 aliphatic carbocycles.